The fourth-order valence-corrected chi connectivity index (χ4v) is 2.08. The molecule has 25 heavy (non-hydrogen) atoms. The van der Waals surface area contributed by atoms with Gasteiger partial charge < -0.3 is 14.8 Å². The number of amides is 1. The topological polar surface area (TPSA) is 90.7 Å². The molecule has 0 aliphatic heterocycles. The molecule has 0 heterocycles. The SMILES string of the molecule is CC(C)Oc1ccc(CNC(=O)COc2ccccc2[N+](=O)[O-])cc1. The first-order chi connectivity index (χ1) is 12.0. The lowest BCUT2D eigenvalue weighted by molar-refractivity contribution is -0.385. The number of nitrogens with one attached hydrogen (secondary N) is 1. The summed E-state index contributed by atoms with van der Waals surface area (Å²) < 4.78 is 10.8. The zero-order chi connectivity index (χ0) is 18.2. The van der Waals surface area contributed by atoms with Gasteiger partial charge in [0.1, 0.15) is 5.75 Å². The van der Waals surface area contributed by atoms with Crippen LogP contribution in [0.15, 0.2) is 48.5 Å². The van der Waals surface area contributed by atoms with Crippen molar-refractivity contribution < 1.29 is 19.2 Å². The first-order valence-electron chi connectivity index (χ1n) is 7.84. The maximum Gasteiger partial charge on any atom is 0.310 e. The predicted molar refractivity (Wildman–Crippen MR) is 92.6 cm³/mol. The standard InChI is InChI=1S/C18H20N2O5/c1-13(2)25-15-9-7-14(8-10-15)11-19-18(21)12-24-17-6-4-3-5-16(17)20(22)23/h3-10,13H,11-12H2,1-2H3,(H,19,21). The fraction of sp³-hybridized carbons (Fsp3) is 0.278. The molecular weight excluding hydrogens is 324 g/mol. The van der Waals surface area contributed by atoms with Crippen LogP contribution in [0, 0.1) is 10.1 Å². The quantitative estimate of drug-likeness (QED) is 0.587. The van der Waals surface area contributed by atoms with Crippen molar-refractivity contribution in [2.75, 3.05) is 6.61 Å². The number of carbonyl (C=O) groups excluding carboxylic acids is 1. The summed E-state index contributed by atoms with van der Waals surface area (Å²) in [5, 5.41) is 13.6. The second-order valence-corrected chi connectivity index (χ2v) is 5.60. The predicted octanol–water partition coefficient (Wildman–Crippen LogP) is 3.08. The highest BCUT2D eigenvalue weighted by Crippen LogP contribution is 2.25. The van der Waals surface area contributed by atoms with Gasteiger partial charge in [0.25, 0.3) is 5.91 Å². The van der Waals surface area contributed by atoms with Crippen LogP contribution >= 0.6 is 0 Å². The molecule has 7 heteroatoms. The number of hydrogen-bond donors (Lipinski definition) is 1. The molecular formula is C18H20N2O5. The molecule has 0 radical (unpaired) electrons. The van der Waals surface area contributed by atoms with Gasteiger partial charge in [-0.15, -0.1) is 0 Å². The van der Waals surface area contributed by atoms with Crippen LogP contribution < -0.4 is 14.8 Å². The minimum Gasteiger partial charge on any atom is -0.491 e. The van der Waals surface area contributed by atoms with Crippen molar-refractivity contribution in [3.63, 3.8) is 0 Å². The van der Waals surface area contributed by atoms with Crippen molar-refractivity contribution in [3.05, 3.63) is 64.2 Å². The van der Waals surface area contributed by atoms with Crippen LogP contribution in [0.5, 0.6) is 11.5 Å². The van der Waals surface area contributed by atoms with E-state index in [1.165, 1.54) is 18.2 Å². The molecule has 0 saturated carbocycles. The van der Waals surface area contributed by atoms with Crippen LogP contribution in [0.4, 0.5) is 5.69 Å². The van der Waals surface area contributed by atoms with E-state index in [2.05, 4.69) is 5.32 Å². The molecule has 0 atom stereocenters. The van der Waals surface area contributed by atoms with Crippen LogP contribution in [-0.4, -0.2) is 23.5 Å². The second-order valence-electron chi connectivity index (χ2n) is 5.60. The van der Waals surface area contributed by atoms with Crippen molar-refractivity contribution in [2.24, 2.45) is 0 Å². The van der Waals surface area contributed by atoms with E-state index < -0.39 is 4.92 Å². The fourth-order valence-electron chi connectivity index (χ4n) is 2.08. The molecule has 1 N–H and O–H groups in total. The van der Waals surface area contributed by atoms with Crippen LogP contribution in [0.25, 0.3) is 0 Å². The average molecular weight is 344 g/mol. The number of carbonyl (C=O) groups is 1. The summed E-state index contributed by atoms with van der Waals surface area (Å²) in [5.74, 6) is 0.475. The van der Waals surface area contributed by atoms with Gasteiger partial charge in [-0.05, 0) is 37.6 Å². The Morgan fingerprint density at radius 2 is 1.84 bits per heavy atom. The Bertz CT molecular complexity index is 729. The molecule has 0 unspecified atom stereocenters. The van der Waals surface area contributed by atoms with E-state index in [1.54, 1.807) is 6.07 Å². The second kappa shape index (κ2) is 8.68. The summed E-state index contributed by atoms with van der Waals surface area (Å²) in [5.41, 5.74) is 0.742. The normalized spacial score (nSPS) is 10.4. The number of hydrogen-bond acceptors (Lipinski definition) is 5. The van der Waals surface area contributed by atoms with Crippen molar-refractivity contribution in [1.82, 2.24) is 5.32 Å². The summed E-state index contributed by atoms with van der Waals surface area (Å²) in [7, 11) is 0. The maximum absolute atomic E-state index is 11.9. The number of nitro groups is 1. The Kier molecular flexibility index (Phi) is 6.33. The molecule has 1 amide bonds. The third-order valence-corrected chi connectivity index (χ3v) is 3.21. The molecule has 2 rings (SSSR count). The highest BCUT2D eigenvalue weighted by Gasteiger charge is 2.14. The van der Waals surface area contributed by atoms with Gasteiger partial charge in [-0.25, -0.2) is 0 Å². The minimum absolute atomic E-state index is 0.0674. The summed E-state index contributed by atoms with van der Waals surface area (Å²) in [6.07, 6.45) is 0.102. The first-order valence-corrected chi connectivity index (χ1v) is 7.84. The zero-order valence-corrected chi connectivity index (χ0v) is 14.1. The summed E-state index contributed by atoms with van der Waals surface area (Å²) >= 11 is 0. The van der Waals surface area contributed by atoms with Crippen LogP contribution in [0.1, 0.15) is 19.4 Å². The molecule has 2 aromatic rings. The number of ether oxygens (including phenoxy) is 2. The maximum atomic E-state index is 11.9. The van der Waals surface area contributed by atoms with Gasteiger partial charge in [-0.3, -0.25) is 14.9 Å². The van der Waals surface area contributed by atoms with Crippen molar-refractivity contribution in [3.8, 4) is 11.5 Å². The van der Waals surface area contributed by atoms with E-state index in [-0.39, 0.29) is 30.1 Å². The van der Waals surface area contributed by atoms with E-state index in [1.807, 2.05) is 38.1 Å². The van der Waals surface area contributed by atoms with E-state index in [4.69, 9.17) is 9.47 Å². The van der Waals surface area contributed by atoms with Gasteiger partial charge in [0, 0.05) is 12.6 Å². The molecule has 2 aromatic carbocycles. The molecule has 0 fully saturated rings. The molecule has 0 aliphatic carbocycles. The smallest absolute Gasteiger partial charge is 0.310 e. The average Bonchev–Trinajstić information content (AvgIpc) is 2.59. The van der Waals surface area contributed by atoms with Crippen molar-refractivity contribution in [2.45, 2.75) is 26.5 Å². The van der Waals surface area contributed by atoms with E-state index in [0.29, 0.717) is 6.54 Å². The van der Waals surface area contributed by atoms with Crippen molar-refractivity contribution in [1.29, 1.82) is 0 Å². The van der Waals surface area contributed by atoms with Gasteiger partial charge in [0.05, 0.1) is 11.0 Å². The Hall–Kier alpha value is -3.09. The first kappa shape index (κ1) is 18.3. The van der Waals surface area contributed by atoms with E-state index in [9.17, 15) is 14.9 Å². The Labute approximate surface area is 145 Å². The Balaban J connectivity index is 1.82. The summed E-state index contributed by atoms with van der Waals surface area (Å²) in [6.45, 7) is 3.94. The molecule has 0 bridgehead atoms. The van der Waals surface area contributed by atoms with Gasteiger partial charge in [-0.2, -0.15) is 0 Å². The highest BCUT2D eigenvalue weighted by molar-refractivity contribution is 5.77. The van der Waals surface area contributed by atoms with Gasteiger partial charge in [0.2, 0.25) is 0 Å². The molecule has 0 aromatic heterocycles. The minimum atomic E-state index is -0.548. The largest absolute Gasteiger partial charge is 0.491 e. The highest BCUT2D eigenvalue weighted by atomic mass is 16.6. The van der Waals surface area contributed by atoms with Crippen LogP contribution in [-0.2, 0) is 11.3 Å². The molecule has 7 nitrogen and oxygen atoms in total. The number of nitro benzene ring substituents is 1. The van der Waals surface area contributed by atoms with Crippen molar-refractivity contribution >= 4 is 11.6 Å². The molecule has 0 spiro atoms. The van der Waals surface area contributed by atoms with Crippen LogP contribution in [0.3, 0.4) is 0 Å². The number of para-hydroxylation sites is 2. The number of nitrogens with zero attached hydrogens (tertiary/aromatic N) is 1. The Morgan fingerprint density at radius 3 is 2.48 bits per heavy atom. The third kappa shape index (κ3) is 5.80. The van der Waals surface area contributed by atoms with Gasteiger partial charge in [0.15, 0.2) is 12.4 Å². The van der Waals surface area contributed by atoms with Gasteiger partial charge in [-0.1, -0.05) is 24.3 Å². The summed E-state index contributed by atoms with van der Waals surface area (Å²) in [6, 6.07) is 13.3. The lowest BCUT2D eigenvalue weighted by Crippen LogP contribution is -2.28. The number of rotatable bonds is 8. The summed E-state index contributed by atoms with van der Waals surface area (Å²) in [4.78, 5) is 22.2. The number of benzene rings is 2. The van der Waals surface area contributed by atoms with E-state index >= 15 is 0 Å². The monoisotopic (exact) mass is 344 g/mol. The van der Waals surface area contributed by atoms with E-state index in [0.717, 1.165) is 11.3 Å². The molecule has 0 aliphatic rings. The Morgan fingerprint density at radius 1 is 1.16 bits per heavy atom. The lowest BCUT2D eigenvalue weighted by Gasteiger charge is -2.11. The molecule has 132 valence electrons. The lowest BCUT2D eigenvalue weighted by atomic mass is 10.2. The third-order valence-electron chi connectivity index (χ3n) is 3.21. The van der Waals surface area contributed by atoms with Crippen LogP contribution in [0.2, 0.25) is 0 Å². The molecule has 0 saturated heterocycles. The zero-order valence-electron chi connectivity index (χ0n) is 14.1. The van der Waals surface area contributed by atoms with Gasteiger partial charge >= 0.3 is 5.69 Å².